The number of carbonyl (C=O) groups excluding carboxylic acids is 1. The van der Waals surface area contributed by atoms with Crippen LogP contribution in [0.1, 0.15) is 18.2 Å². The summed E-state index contributed by atoms with van der Waals surface area (Å²) in [5, 5.41) is 13.8. The zero-order chi connectivity index (χ0) is 12.5. The minimum Gasteiger partial charge on any atom is -0.366 e. The Morgan fingerprint density at radius 1 is 1.53 bits per heavy atom. The largest absolute Gasteiger partial charge is 0.366 e. The Morgan fingerprint density at radius 2 is 2.24 bits per heavy atom. The molecule has 17 heavy (non-hydrogen) atoms. The summed E-state index contributed by atoms with van der Waals surface area (Å²) in [6.07, 6.45) is 0.364. The fraction of sp³-hybridized carbons (Fsp3) is 0.250. The first kappa shape index (κ1) is 11.9. The highest BCUT2D eigenvalue weighted by atomic mass is 32.1. The fourth-order valence-electron chi connectivity index (χ4n) is 1.71. The molecular weight excluding hydrogens is 236 g/mol. The van der Waals surface area contributed by atoms with Crippen molar-refractivity contribution in [2.24, 2.45) is 5.73 Å². The second kappa shape index (κ2) is 4.35. The van der Waals surface area contributed by atoms with Gasteiger partial charge in [0.1, 0.15) is 0 Å². The van der Waals surface area contributed by atoms with Crippen molar-refractivity contribution in [2.45, 2.75) is 19.1 Å². The van der Waals surface area contributed by atoms with E-state index in [1.54, 1.807) is 6.92 Å². The maximum Gasteiger partial charge on any atom is 0.314 e. The predicted molar refractivity (Wildman–Crippen MR) is 68.7 cm³/mol. The van der Waals surface area contributed by atoms with Gasteiger partial charge in [-0.2, -0.15) is 0 Å². The number of nitrogens with one attached hydrogen (secondary N) is 1. The van der Waals surface area contributed by atoms with Gasteiger partial charge in [0.2, 0.25) is 0 Å². The van der Waals surface area contributed by atoms with Gasteiger partial charge in [0.25, 0.3) is 0 Å². The maximum atomic E-state index is 10.9. The van der Waals surface area contributed by atoms with Crippen LogP contribution in [-0.4, -0.2) is 11.1 Å². The van der Waals surface area contributed by atoms with Crippen LogP contribution in [0.15, 0.2) is 30.3 Å². The monoisotopic (exact) mass is 250 g/mol. The van der Waals surface area contributed by atoms with E-state index in [1.807, 2.05) is 30.3 Å². The number of amides is 2. The number of benzene rings is 1. The van der Waals surface area contributed by atoms with Crippen molar-refractivity contribution in [3.8, 4) is 0 Å². The summed E-state index contributed by atoms with van der Waals surface area (Å²) in [5.41, 5.74) is 3.70. The molecule has 0 aliphatic carbocycles. The lowest BCUT2D eigenvalue weighted by Gasteiger charge is -2.25. The van der Waals surface area contributed by atoms with Crippen molar-refractivity contribution in [1.82, 2.24) is 5.32 Å². The number of primary amides is 1. The number of aliphatic hydroxyl groups is 1. The second-order valence-electron chi connectivity index (χ2n) is 3.85. The molecule has 1 atom stereocenters. The third-order valence-corrected chi connectivity index (χ3v) is 3.94. The lowest BCUT2D eigenvalue weighted by molar-refractivity contribution is 0.0132. The standard InChI is InChI=1S/C12H14N2O2S/c1-2-12(16,14-11(13)15)10-7-8-5-3-4-6-9(8)17-10/h3-7,16H,2H2,1H3,(H3,13,14,15). The van der Waals surface area contributed by atoms with Crippen molar-refractivity contribution >= 4 is 27.5 Å². The van der Waals surface area contributed by atoms with Gasteiger partial charge in [-0.1, -0.05) is 25.1 Å². The molecule has 1 aromatic heterocycles. The number of fused-ring (bicyclic) bond motifs is 1. The quantitative estimate of drug-likeness (QED) is 0.730. The summed E-state index contributed by atoms with van der Waals surface area (Å²) in [6.45, 7) is 1.79. The van der Waals surface area contributed by atoms with Gasteiger partial charge in [-0.15, -0.1) is 11.3 Å². The number of thiophene rings is 1. The SMILES string of the molecule is CCC(O)(NC(N)=O)c1cc2ccccc2s1. The molecule has 4 N–H and O–H groups in total. The lowest BCUT2D eigenvalue weighted by Crippen LogP contribution is -2.47. The molecule has 0 radical (unpaired) electrons. The fourth-order valence-corrected chi connectivity index (χ4v) is 2.89. The van der Waals surface area contributed by atoms with Gasteiger partial charge >= 0.3 is 6.03 Å². The molecule has 1 heterocycles. The zero-order valence-electron chi connectivity index (χ0n) is 9.43. The van der Waals surface area contributed by atoms with Crippen LogP contribution < -0.4 is 11.1 Å². The van der Waals surface area contributed by atoms with E-state index in [0.717, 1.165) is 10.1 Å². The molecule has 0 aliphatic heterocycles. The molecule has 1 unspecified atom stereocenters. The number of urea groups is 1. The average Bonchev–Trinajstić information content (AvgIpc) is 2.72. The number of nitrogens with two attached hydrogens (primary N) is 1. The first-order valence-corrected chi connectivity index (χ1v) is 6.16. The van der Waals surface area contributed by atoms with Gasteiger partial charge < -0.3 is 16.2 Å². The molecule has 0 saturated carbocycles. The third-order valence-electron chi connectivity index (χ3n) is 2.67. The Kier molecular flexibility index (Phi) is 3.04. The summed E-state index contributed by atoms with van der Waals surface area (Å²) >= 11 is 1.45. The summed E-state index contributed by atoms with van der Waals surface area (Å²) < 4.78 is 1.07. The van der Waals surface area contributed by atoms with Crippen LogP contribution in [0, 0.1) is 0 Å². The van der Waals surface area contributed by atoms with E-state index >= 15 is 0 Å². The molecular formula is C12H14N2O2S. The van der Waals surface area contributed by atoms with Crippen LogP contribution in [0.3, 0.4) is 0 Å². The number of hydrogen-bond donors (Lipinski definition) is 3. The molecule has 0 fully saturated rings. The van der Waals surface area contributed by atoms with E-state index in [0.29, 0.717) is 11.3 Å². The smallest absolute Gasteiger partial charge is 0.314 e. The number of rotatable bonds is 3. The minimum atomic E-state index is -1.38. The molecule has 0 aliphatic rings. The van der Waals surface area contributed by atoms with Crippen LogP contribution in [0.2, 0.25) is 0 Å². The summed E-state index contributed by atoms with van der Waals surface area (Å²) in [4.78, 5) is 11.6. The third kappa shape index (κ3) is 2.25. The van der Waals surface area contributed by atoms with Crippen molar-refractivity contribution in [3.63, 3.8) is 0 Å². The van der Waals surface area contributed by atoms with Crippen LogP contribution in [0.4, 0.5) is 4.79 Å². The van der Waals surface area contributed by atoms with Gasteiger partial charge in [-0.05, 0) is 23.9 Å². The van der Waals surface area contributed by atoms with E-state index in [-0.39, 0.29) is 0 Å². The van der Waals surface area contributed by atoms with E-state index < -0.39 is 11.8 Å². The number of carbonyl (C=O) groups is 1. The van der Waals surface area contributed by atoms with Gasteiger partial charge in [-0.3, -0.25) is 0 Å². The van der Waals surface area contributed by atoms with Crippen LogP contribution in [0.5, 0.6) is 0 Å². The molecule has 90 valence electrons. The molecule has 5 heteroatoms. The zero-order valence-corrected chi connectivity index (χ0v) is 10.3. The Hall–Kier alpha value is -1.59. The van der Waals surface area contributed by atoms with E-state index in [4.69, 9.17) is 5.73 Å². The van der Waals surface area contributed by atoms with Crippen molar-refractivity contribution < 1.29 is 9.90 Å². The van der Waals surface area contributed by atoms with Crippen molar-refractivity contribution in [3.05, 3.63) is 35.2 Å². The van der Waals surface area contributed by atoms with E-state index in [1.165, 1.54) is 11.3 Å². The van der Waals surface area contributed by atoms with Gasteiger partial charge in [-0.25, -0.2) is 4.79 Å². The average molecular weight is 250 g/mol. The highest BCUT2D eigenvalue weighted by molar-refractivity contribution is 7.19. The Labute approximate surface area is 103 Å². The number of hydrogen-bond acceptors (Lipinski definition) is 3. The lowest BCUT2D eigenvalue weighted by atomic mass is 10.1. The van der Waals surface area contributed by atoms with E-state index in [9.17, 15) is 9.90 Å². The highest BCUT2D eigenvalue weighted by Gasteiger charge is 2.30. The van der Waals surface area contributed by atoms with Crippen molar-refractivity contribution in [1.29, 1.82) is 0 Å². The van der Waals surface area contributed by atoms with Gasteiger partial charge in [0.05, 0.1) is 4.88 Å². The minimum absolute atomic E-state index is 0.364. The van der Waals surface area contributed by atoms with Gasteiger partial charge in [0, 0.05) is 4.70 Å². The molecule has 0 bridgehead atoms. The molecule has 1 aromatic carbocycles. The summed E-state index contributed by atoms with van der Waals surface area (Å²) in [7, 11) is 0. The topological polar surface area (TPSA) is 75.3 Å². The molecule has 2 amide bonds. The van der Waals surface area contributed by atoms with Crippen LogP contribution >= 0.6 is 11.3 Å². The summed E-state index contributed by atoms with van der Waals surface area (Å²) in [5.74, 6) is 0. The Morgan fingerprint density at radius 3 is 2.82 bits per heavy atom. The highest BCUT2D eigenvalue weighted by Crippen LogP contribution is 2.33. The van der Waals surface area contributed by atoms with Gasteiger partial charge in [0.15, 0.2) is 5.72 Å². The molecule has 2 aromatic rings. The Bertz CT molecular complexity index is 519. The normalized spacial score (nSPS) is 14.5. The predicted octanol–water partition coefficient (Wildman–Crippen LogP) is 2.12. The first-order chi connectivity index (χ1) is 8.05. The Balaban J connectivity index is 2.46. The second-order valence-corrected chi connectivity index (χ2v) is 4.94. The van der Waals surface area contributed by atoms with Crippen molar-refractivity contribution in [2.75, 3.05) is 0 Å². The molecule has 2 rings (SSSR count). The molecule has 0 spiro atoms. The summed E-state index contributed by atoms with van der Waals surface area (Å²) in [6, 6.07) is 8.96. The first-order valence-electron chi connectivity index (χ1n) is 5.34. The van der Waals surface area contributed by atoms with E-state index in [2.05, 4.69) is 5.32 Å². The maximum absolute atomic E-state index is 10.9. The van der Waals surface area contributed by atoms with Crippen LogP contribution in [-0.2, 0) is 5.72 Å². The molecule has 0 saturated heterocycles. The molecule has 4 nitrogen and oxygen atoms in total. The van der Waals surface area contributed by atoms with Crippen LogP contribution in [0.25, 0.3) is 10.1 Å².